The predicted molar refractivity (Wildman–Crippen MR) is 46.5 cm³/mol. The molecule has 11 heavy (non-hydrogen) atoms. The van der Waals surface area contributed by atoms with Gasteiger partial charge in [0.15, 0.2) is 5.16 Å². The van der Waals surface area contributed by atoms with Crippen LogP contribution in [0.3, 0.4) is 0 Å². The molecule has 0 aliphatic rings. The fourth-order valence-corrected chi connectivity index (χ4v) is 1.50. The summed E-state index contributed by atoms with van der Waals surface area (Å²) in [5.41, 5.74) is 0. The summed E-state index contributed by atoms with van der Waals surface area (Å²) < 4.78 is 0. The first-order chi connectivity index (χ1) is 5.43. The van der Waals surface area contributed by atoms with E-state index in [1.165, 1.54) is 12.8 Å². The van der Waals surface area contributed by atoms with Gasteiger partial charge in [0, 0.05) is 11.9 Å². The normalized spacial score (nSPS) is 9.91. The molecule has 2 nitrogen and oxygen atoms in total. The monoisotopic (exact) mass is 167 g/mol. The second-order valence-corrected chi connectivity index (χ2v) is 3.23. The fraction of sp³-hybridized carbons (Fsp3) is 0.500. The van der Waals surface area contributed by atoms with Crippen molar-refractivity contribution < 1.29 is 0 Å². The zero-order valence-electron chi connectivity index (χ0n) is 6.58. The molecule has 0 atom stereocenters. The van der Waals surface area contributed by atoms with Crippen LogP contribution in [0.2, 0.25) is 0 Å². The molecule has 0 N–H and O–H groups in total. The van der Waals surface area contributed by atoms with Crippen LogP contribution < -0.4 is 0 Å². The summed E-state index contributed by atoms with van der Waals surface area (Å²) in [6, 6.07) is 1.71. The molecule has 1 aromatic rings. The SMILES string of the molecule is CCCCSc1n[c]ccn1. The second-order valence-electron chi connectivity index (χ2n) is 2.17. The Hall–Kier alpha value is -0.570. The van der Waals surface area contributed by atoms with Gasteiger partial charge < -0.3 is 0 Å². The van der Waals surface area contributed by atoms with Crippen molar-refractivity contribution in [3.8, 4) is 0 Å². The van der Waals surface area contributed by atoms with Crippen molar-refractivity contribution in [2.75, 3.05) is 5.75 Å². The largest absolute Gasteiger partial charge is 0.231 e. The lowest BCUT2D eigenvalue weighted by Gasteiger charge is -1.95. The van der Waals surface area contributed by atoms with Gasteiger partial charge >= 0.3 is 0 Å². The van der Waals surface area contributed by atoms with Gasteiger partial charge in [-0.05, 0) is 12.5 Å². The molecule has 0 bridgehead atoms. The highest BCUT2D eigenvalue weighted by atomic mass is 32.2. The Morgan fingerprint density at radius 3 is 3.18 bits per heavy atom. The average molecular weight is 167 g/mol. The van der Waals surface area contributed by atoms with Crippen LogP contribution in [0.4, 0.5) is 0 Å². The molecule has 0 unspecified atom stereocenters. The van der Waals surface area contributed by atoms with Gasteiger partial charge in [-0.1, -0.05) is 25.1 Å². The molecule has 0 amide bonds. The summed E-state index contributed by atoms with van der Waals surface area (Å²) >= 11 is 1.69. The number of rotatable bonds is 4. The van der Waals surface area contributed by atoms with Gasteiger partial charge in [0.25, 0.3) is 0 Å². The van der Waals surface area contributed by atoms with Crippen molar-refractivity contribution in [2.24, 2.45) is 0 Å². The molecular weight excluding hydrogens is 156 g/mol. The molecule has 0 aliphatic carbocycles. The lowest BCUT2D eigenvalue weighted by Crippen LogP contribution is -1.85. The molecule has 0 aliphatic heterocycles. The van der Waals surface area contributed by atoms with E-state index >= 15 is 0 Å². The Morgan fingerprint density at radius 1 is 1.64 bits per heavy atom. The number of hydrogen-bond donors (Lipinski definition) is 0. The van der Waals surface area contributed by atoms with E-state index in [1.54, 1.807) is 24.0 Å². The second kappa shape index (κ2) is 5.13. The van der Waals surface area contributed by atoms with E-state index in [1.807, 2.05) is 0 Å². The third kappa shape index (κ3) is 3.37. The highest BCUT2D eigenvalue weighted by Gasteiger charge is 1.93. The molecule has 0 spiro atoms. The van der Waals surface area contributed by atoms with Crippen molar-refractivity contribution >= 4 is 11.8 Å². The molecule has 59 valence electrons. The first-order valence-electron chi connectivity index (χ1n) is 3.75. The van der Waals surface area contributed by atoms with Crippen LogP contribution in [0.15, 0.2) is 17.4 Å². The first kappa shape index (κ1) is 8.53. The minimum Gasteiger partial charge on any atom is -0.231 e. The number of nitrogens with zero attached hydrogens (tertiary/aromatic N) is 2. The highest BCUT2D eigenvalue weighted by molar-refractivity contribution is 7.99. The van der Waals surface area contributed by atoms with E-state index in [4.69, 9.17) is 0 Å². The highest BCUT2D eigenvalue weighted by Crippen LogP contribution is 2.12. The van der Waals surface area contributed by atoms with Crippen LogP contribution >= 0.6 is 11.8 Å². The molecule has 3 heteroatoms. The Kier molecular flexibility index (Phi) is 3.98. The van der Waals surface area contributed by atoms with E-state index in [0.29, 0.717) is 0 Å². The topological polar surface area (TPSA) is 25.8 Å². The molecule has 1 radical (unpaired) electrons. The summed E-state index contributed by atoms with van der Waals surface area (Å²) in [5, 5.41) is 0.834. The Balaban J connectivity index is 2.28. The van der Waals surface area contributed by atoms with Gasteiger partial charge in [0.05, 0.1) is 6.20 Å². The van der Waals surface area contributed by atoms with Crippen LogP contribution in [0.5, 0.6) is 0 Å². The van der Waals surface area contributed by atoms with Gasteiger partial charge in [-0.2, -0.15) is 0 Å². The lowest BCUT2D eigenvalue weighted by atomic mass is 10.4. The summed E-state index contributed by atoms with van der Waals surface area (Å²) in [4.78, 5) is 8.05. The van der Waals surface area contributed by atoms with Crippen molar-refractivity contribution in [3.05, 3.63) is 18.5 Å². The number of thioether (sulfide) groups is 1. The number of aromatic nitrogens is 2. The van der Waals surface area contributed by atoms with E-state index < -0.39 is 0 Å². The van der Waals surface area contributed by atoms with Crippen LogP contribution in [-0.4, -0.2) is 15.7 Å². The molecule has 1 rings (SSSR count). The zero-order chi connectivity index (χ0) is 7.94. The van der Waals surface area contributed by atoms with E-state index in [-0.39, 0.29) is 0 Å². The van der Waals surface area contributed by atoms with E-state index in [9.17, 15) is 0 Å². The van der Waals surface area contributed by atoms with E-state index in [0.717, 1.165) is 10.9 Å². The minimum atomic E-state index is 0.834. The molecular formula is C8H11N2S. The summed E-state index contributed by atoms with van der Waals surface area (Å²) in [6.45, 7) is 2.18. The molecule has 0 saturated heterocycles. The fourth-order valence-electron chi connectivity index (χ4n) is 0.633. The average Bonchev–Trinajstić information content (AvgIpc) is 2.07. The summed E-state index contributed by atoms with van der Waals surface area (Å²) in [6.07, 6.45) is 6.93. The van der Waals surface area contributed by atoms with Crippen LogP contribution in [0, 0.1) is 6.20 Å². The maximum atomic E-state index is 4.07. The quantitative estimate of drug-likeness (QED) is 0.390. The predicted octanol–water partition coefficient (Wildman–Crippen LogP) is 2.17. The maximum absolute atomic E-state index is 4.07. The van der Waals surface area contributed by atoms with Crippen LogP contribution in [0.25, 0.3) is 0 Å². The Bertz CT molecular complexity index is 189. The summed E-state index contributed by atoms with van der Waals surface area (Å²) in [7, 11) is 0. The van der Waals surface area contributed by atoms with Crippen molar-refractivity contribution in [1.82, 2.24) is 9.97 Å². The van der Waals surface area contributed by atoms with Crippen LogP contribution in [0.1, 0.15) is 19.8 Å². The van der Waals surface area contributed by atoms with E-state index in [2.05, 4.69) is 23.1 Å². The number of hydrogen-bond acceptors (Lipinski definition) is 3. The molecule has 0 aromatic carbocycles. The van der Waals surface area contributed by atoms with Gasteiger partial charge in [-0.15, -0.1) is 0 Å². The third-order valence-electron chi connectivity index (χ3n) is 1.22. The third-order valence-corrected chi connectivity index (χ3v) is 2.17. The summed E-state index contributed by atoms with van der Waals surface area (Å²) in [5.74, 6) is 1.11. The van der Waals surface area contributed by atoms with Crippen molar-refractivity contribution in [2.45, 2.75) is 24.9 Å². The van der Waals surface area contributed by atoms with Crippen LogP contribution in [-0.2, 0) is 0 Å². The molecule has 1 heterocycles. The van der Waals surface area contributed by atoms with Gasteiger partial charge in [-0.25, -0.2) is 9.97 Å². The standard InChI is InChI=1S/C8H11N2S/c1-2-3-7-11-8-9-5-4-6-10-8/h4-5H,2-3,7H2,1H3. The van der Waals surface area contributed by atoms with Gasteiger partial charge in [-0.3, -0.25) is 0 Å². The smallest absolute Gasteiger partial charge is 0.188 e. The lowest BCUT2D eigenvalue weighted by molar-refractivity contribution is 0.887. The minimum absolute atomic E-state index is 0.834. The molecule has 0 fully saturated rings. The Morgan fingerprint density at radius 2 is 2.55 bits per heavy atom. The zero-order valence-corrected chi connectivity index (χ0v) is 7.40. The van der Waals surface area contributed by atoms with Gasteiger partial charge in [0.2, 0.25) is 0 Å². The maximum Gasteiger partial charge on any atom is 0.188 e. The van der Waals surface area contributed by atoms with Crippen molar-refractivity contribution in [1.29, 1.82) is 0 Å². The molecule has 1 aromatic heterocycles. The molecule has 0 saturated carbocycles. The Labute approximate surface area is 71.5 Å². The number of unbranched alkanes of at least 4 members (excludes halogenated alkanes) is 1. The van der Waals surface area contributed by atoms with Gasteiger partial charge in [0.1, 0.15) is 0 Å². The van der Waals surface area contributed by atoms with Crippen molar-refractivity contribution in [3.63, 3.8) is 0 Å². The first-order valence-corrected chi connectivity index (χ1v) is 4.74.